The number of ether oxygens (including phenoxy) is 1. The molecule has 1 saturated carbocycles. The highest BCUT2D eigenvalue weighted by Crippen LogP contribution is 2.33. The largest absolute Gasteiger partial charge is 0.489 e. The lowest BCUT2D eigenvalue weighted by Crippen LogP contribution is -2.23. The highest BCUT2D eigenvalue weighted by atomic mass is 35.5. The molecule has 3 heteroatoms. The Morgan fingerprint density at radius 1 is 1.18 bits per heavy atom. The van der Waals surface area contributed by atoms with Crippen LogP contribution in [0, 0.1) is 5.92 Å². The molecule has 2 rings (SSSR count). The van der Waals surface area contributed by atoms with Gasteiger partial charge in [0.15, 0.2) is 0 Å². The summed E-state index contributed by atoms with van der Waals surface area (Å²) in [6.45, 7) is 2.26. The molecule has 0 heterocycles. The monoisotopic (exact) mass is 272 g/mol. The van der Waals surface area contributed by atoms with Gasteiger partial charge in [-0.15, -0.1) is 0 Å². The van der Waals surface area contributed by atoms with E-state index in [1.165, 1.54) is 19.3 Å². The number of halogens is 2. The second-order valence-electron chi connectivity index (χ2n) is 4.74. The fourth-order valence-electron chi connectivity index (χ4n) is 2.41. The maximum atomic E-state index is 6.09. The lowest BCUT2D eigenvalue weighted by Gasteiger charge is -2.28. The van der Waals surface area contributed by atoms with Gasteiger partial charge in [0, 0.05) is 11.1 Å². The minimum Gasteiger partial charge on any atom is -0.489 e. The molecule has 0 N–H and O–H groups in total. The van der Waals surface area contributed by atoms with Crippen LogP contribution < -0.4 is 4.74 Å². The van der Waals surface area contributed by atoms with Crippen LogP contribution in [0.25, 0.3) is 0 Å². The Hall–Kier alpha value is -0.400. The molecule has 0 aromatic heterocycles. The van der Waals surface area contributed by atoms with Crippen LogP contribution in [0.5, 0.6) is 5.75 Å². The molecule has 1 aromatic rings. The fourth-order valence-corrected chi connectivity index (χ4v) is 2.73. The molecule has 0 bridgehead atoms. The Balaban J connectivity index is 1.95. The molecule has 0 atom stereocenters. The molecule has 1 aliphatic rings. The van der Waals surface area contributed by atoms with Crippen molar-refractivity contribution in [2.45, 2.75) is 45.1 Å². The summed E-state index contributed by atoms with van der Waals surface area (Å²) < 4.78 is 5.94. The van der Waals surface area contributed by atoms with Crippen molar-refractivity contribution in [3.8, 4) is 5.75 Å². The van der Waals surface area contributed by atoms with Gasteiger partial charge in [0.1, 0.15) is 5.75 Å². The summed E-state index contributed by atoms with van der Waals surface area (Å²) in [4.78, 5) is 0. The van der Waals surface area contributed by atoms with Crippen molar-refractivity contribution in [3.63, 3.8) is 0 Å². The third-order valence-corrected chi connectivity index (χ3v) is 4.11. The topological polar surface area (TPSA) is 9.23 Å². The Labute approximate surface area is 113 Å². The van der Waals surface area contributed by atoms with Gasteiger partial charge in [-0.25, -0.2) is 0 Å². The predicted molar refractivity (Wildman–Crippen MR) is 73.1 cm³/mol. The van der Waals surface area contributed by atoms with Gasteiger partial charge < -0.3 is 4.74 Å². The molecule has 1 fully saturated rings. The van der Waals surface area contributed by atoms with Crippen LogP contribution in [0.15, 0.2) is 18.2 Å². The van der Waals surface area contributed by atoms with Gasteiger partial charge in [-0.3, -0.25) is 0 Å². The van der Waals surface area contributed by atoms with Crippen LogP contribution in [-0.4, -0.2) is 6.10 Å². The normalized spacial score (nSPS) is 24.6. The van der Waals surface area contributed by atoms with Crippen molar-refractivity contribution < 1.29 is 4.74 Å². The highest BCUT2D eigenvalue weighted by Gasteiger charge is 2.21. The number of benzene rings is 1. The minimum absolute atomic E-state index is 0.300. The van der Waals surface area contributed by atoms with E-state index in [1.54, 1.807) is 18.2 Å². The van der Waals surface area contributed by atoms with Gasteiger partial charge in [0.05, 0.1) is 11.1 Å². The summed E-state index contributed by atoms with van der Waals surface area (Å²) in [5, 5.41) is 1.32. The van der Waals surface area contributed by atoms with E-state index in [2.05, 4.69) is 6.92 Å². The average molecular weight is 273 g/mol. The minimum atomic E-state index is 0.300. The standard InChI is InChI=1S/C14H18Cl2O/c1-2-10-3-6-12(7-4-10)17-14-9-11(15)5-8-13(14)16/h5,8-10,12H,2-4,6-7H2,1H3. The third kappa shape index (κ3) is 3.53. The van der Waals surface area contributed by atoms with Crippen molar-refractivity contribution in [1.82, 2.24) is 0 Å². The van der Waals surface area contributed by atoms with E-state index in [0.717, 1.165) is 24.5 Å². The van der Waals surface area contributed by atoms with Gasteiger partial charge >= 0.3 is 0 Å². The number of hydrogen-bond acceptors (Lipinski definition) is 1. The molecule has 0 unspecified atom stereocenters. The summed E-state index contributed by atoms with van der Waals surface area (Å²) in [5.74, 6) is 1.60. The van der Waals surface area contributed by atoms with E-state index in [0.29, 0.717) is 16.1 Å². The third-order valence-electron chi connectivity index (χ3n) is 3.56. The molecular formula is C14H18Cl2O. The van der Waals surface area contributed by atoms with Gasteiger partial charge in [-0.05, 0) is 43.7 Å². The Morgan fingerprint density at radius 2 is 1.88 bits per heavy atom. The van der Waals surface area contributed by atoms with Crippen molar-refractivity contribution in [1.29, 1.82) is 0 Å². The molecule has 17 heavy (non-hydrogen) atoms. The molecule has 0 saturated heterocycles. The second-order valence-corrected chi connectivity index (χ2v) is 5.59. The first kappa shape index (κ1) is 13.0. The average Bonchev–Trinajstić information content (AvgIpc) is 2.35. The first-order valence-corrected chi connectivity index (χ1v) is 7.06. The van der Waals surface area contributed by atoms with Crippen LogP contribution in [0.4, 0.5) is 0 Å². The van der Waals surface area contributed by atoms with E-state index in [1.807, 2.05) is 0 Å². The molecule has 0 radical (unpaired) electrons. The molecule has 1 aromatic carbocycles. The van der Waals surface area contributed by atoms with Crippen LogP contribution >= 0.6 is 23.2 Å². The van der Waals surface area contributed by atoms with E-state index in [-0.39, 0.29) is 0 Å². The molecule has 0 spiro atoms. The van der Waals surface area contributed by atoms with E-state index in [9.17, 15) is 0 Å². The maximum absolute atomic E-state index is 6.09. The zero-order valence-electron chi connectivity index (χ0n) is 10.1. The molecule has 1 aliphatic carbocycles. The van der Waals surface area contributed by atoms with E-state index >= 15 is 0 Å². The van der Waals surface area contributed by atoms with E-state index < -0.39 is 0 Å². The van der Waals surface area contributed by atoms with Crippen molar-refractivity contribution in [2.24, 2.45) is 5.92 Å². The molecule has 0 aliphatic heterocycles. The molecule has 1 nitrogen and oxygen atoms in total. The SMILES string of the molecule is CCC1CCC(Oc2cc(Cl)ccc2Cl)CC1. The Kier molecular flexibility index (Phi) is 4.58. The summed E-state index contributed by atoms with van der Waals surface area (Å²) in [7, 11) is 0. The Morgan fingerprint density at radius 3 is 2.53 bits per heavy atom. The van der Waals surface area contributed by atoms with Crippen molar-refractivity contribution in [2.75, 3.05) is 0 Å². The van der Waals surface area contributed by atoms with Gasteiger partial charge in [-0.1, -0.05) is 36.5 Å². The first-order chi connectivity index (χ1) is 8.19. The summed E-state index contributed by atoms with van der Waals surface area (Å²) >= 11 is 12.0. The highest BCUT2D eigenvalue weighted by molar-refractivity contribution is 6.34. The molecular weight excluding hydrogens is 255 g/mol. The lowest BCUT2D eigenvalue weighted by molar-refractivity contribution is 0.130. The number of rotatable bonds is 3. The van der Waals surface area contributed by atoms with Gasteiger partial charge in [0.25, 0.3) is 0 Å². The smallest absolute Gasteiger partial charge is 0.139 e. The quantitative estimate of drug-likeness (QED) is 0.722. The fraction of sp³-hybridized carbons (Fsp3) is 0.571. The summed E-state index contributed by atoms with van der Waals surface area (Å²) in [6, 6.07) is 5.37. The van der Waals surface area contributed by atoms with Crippen molar-refractivity contribution in [3.05, 3.63) is 28.2 Å². The number of hydrogen-bond donors (Lipinski definition) is 0. The summed E-state index contributed by atoms with van der Waals surface area (Å²) in [5.41, 5.74) is 0. The summed E-state index contributed by atoms with van der Waals surface area (Å²) in [6.07, 6.45) is 6.36. The predicted octanol–water partition coefficient (Wildman–Crippen LogP) is 5.34. The lowest BCUT2D eigenvalue weighted by atomic mass is 9.86. The van der Waals surface area contributed by atoms with Gasteiger partial charge in [-0.2, -0.15) is 0 Å². The van der Waals surface area contributed by atoms with Crippen LogP contribution in [-0.2, 0) is 0 Å². The van der Waals surface area contributed by atoms with Crippen LogP contribution in [0.2, 0.25) is 10.0 Å². The zero-order valence-corrected chi connectivity index (χ0v) is 11.6. The van der Waals surface area contributed by atoms with Crippen LogP contribution in [0.1, 0.15) is 39.0 Å². The molecule has 0 amide bonds. The van der Waals surface area contributed by atoms with Crippen LogP contribution in [0.3, 0.4) is 0 Å². The van der Waals surface area contributed by atoms with Gasteiger partial charge in [0.2, 0.25) is 0 Å². The first-order valence-electron chi connectivity index (χ1n) is 6.30. The maximum Gasteiger partial charge on any atom is 0.139 e. The van der Waals surface area contributed by atoms with Crippen molar-refractivity contribution >= 4 is 23.2 Å². The molecule has 94 valence electrons. The second kappa shape index (κ2) is 5.97. The Bertz CT molecular complexity index is 370. The zero-order chi connectivity index (χ0) is 12.3. The van der Waals surface area contributed by atoms with E-state index in [4.69, 9.17) is 27.9 Å².